The number of carboxylic acid groups (broad SMARTS) is 1. The number of likely N-dealkylation sites (tertiary alicyclic amines) is 1. The van der Waals surface area contributed by atoms with Crippen LogP contribution in [-0.2, 0) is 9.59 Å². The van der Waals surface area contributed by atoms with E-state index in [-0.39, 0.29) is 11.9 Å². The van der Waals surface area contributed by atoms with Crippen LogP contribution in [0.2, 0.25) is 0 Å². The Morgan fingerprint density at radius 3 is 2.47 bits per heavy atom. The van der Waals surface area contributed by atoms with Gasteiger partial charge in [-0.3, -0.25) is 9.59 Å². The maximum absolute atomic E-state index is 10.3. The van der Waals surface area contributed by atoms with Crippen molar-refractivity contribution in [2.45, 2.75) is 50.6 Å². The molecule has 0 unspecified atom stereocenters. The zero-order chi connectivity index (χ0) is 14.3. The number of nitrogens with two attached hydrogens (primary N) is 1. The first-order chi connectivity index (χ1) is 8.99. The number of nitrogens with zero attached hydrogens (tertiary/aromatic N) is 1. The quantitative estimate of drug-likeness (QED) is 0.677. The van der Waals surface area contributed by atoms with Crippen LogP contribution in [0.5, 0.6) is 0 Å². The fraction of sp³-hybridized carbons (Fsp3) is 0.846. The number of carbonyl (C=O) groups excluding carboxylic acids is 1. The number of nitrogens with one attached hydrogen (secondary N) is 1. The highest BCUT2D eigenvalue weighted by Crippen LogP contribution is 2.17. The summed E-state index contributed by atoms with van der Waals surface area (Å²) in [5.74, 6) is -0.881. The number of rotatable bonds is 4. The van der Waals surface area contributed by atoms with Crippen LogP contribution in [0.1, 0.15) is 38.5 Å². The lowest BCUT2D eigenvalue weighted by molar-refractivity contribution is -0.138. The molecular formula is C13H25N3O3. The van der Waals surface area contributed by atoms with Crippen molar-refractivity contribution in [2.24, 2.45) is 5.73 Å². The Kier molecular flexibility index (Phi) is 6.80. The number of amides is 1. The van der Waals surface area contributed by atoms with Crippen molar-refractivity contribution in [3.8, 4) is 0 Å². The molecule has 0 saturated carbocycles. The third-order valence-corrected chi connectivity index (χ3v) is 3.69. The number of primary amides is 1. The molecule has 4 N–H and O–H groups in total. The zero-order valence-corrected chi connectivity index (χ0v) is 11.6. The Balaban J connectivity index is 0.000000191. The Morgan fingerprint density at radius 2 is 2.05 bits per heavy atom. The Morgan fingerprint density at radius 1 is 1.32 bits per heavy atom. The van der Waals surface area contributed by atoms with Crippen LogP contribution in [0.25, 0.3) is 0 Å². The van der Waals surface area contributed by atoms with Gasteiger partial charge in [0.1, 0.15) is 0 Å². The summed E-state index contributed by atoms with van der Waals surface area (Å²) in [5, 5.41) is 11.7. The second-order valence-corrected chi connectivity index (χ2v) is 5.34. The summed E-state index contributed by atoms with van der Waals surface area (Å²) in [7, 11) is 1.99. The van der Waals surface area contributed by atoms with Crippen molar-refractivity contribution in [1.29, 1.82) is 0 Å². The van der Waals surface area contributed by atoms with Crippen molar-refractivity contribution in [2.75, 3.05) is 20.1 Å². The number of hydrogen-bond acceptors (Lipinski definition) is 4. The molecule has 0 aromatic heterocycles. The monoisotopic (exact) mass is 271 g/mol. The summed E-state index contributed by atoms with van der Waals surface area (Å²) < 4.78 is 0. The molecule has 1 amide bonds. The molecule has 110 valence electrons. The minimum atomic E-state index is -0.682. The van der Waals surface area contributed by atoms with E-state index >= 15 is 0 Å². The van der Waals surface area contributed by atoms with Gasteiger partial charge in [-0.15, -0.1) is 0 Å². The Labute approximate surface area is 114 Å². The van der Waals surface area contributed by atoms with Crippen molar-refractivity contribution >= 4 is 11.9 Å². The van der Waals surface area contributed by atoms with Gasteiger partial charge in [-0.05, 0) is 45.8 Å². The van der Waals surface area contributed by atoms with E-state index in [1.165, 1.54) is 6.42 Å². The molecule has 2 atom stereocenters. The first kappa shape index (κ1) is 15.9. The third kappa shape index (κ3) is 6.54. The molecule has 0 aromatic rings. The number of carbonyl (C=O) groups is 2. The fourth-order valence-electron chi connectivity index (χ4n) is 2.61. The minimum Gasteiger partial charge on any atom is -0.481 e. The summed E-state index contributed by atoms with van der Waals surface area (Å²) in [4.78, 5) is 22.7. The first-order valence-electron chi connectivity index (χ1n) is 6.92. The van der Waals surface area contributed by atoms with Gasteiger partial charge in [-0.25, -0.2) is 0 Å². The summed E-state index contributed by atoms with van der Waals surface area (Å²) in [6.07, 6.45) is 5.27. The standard InChI is InChI=1S/C7H13NO2.C6H12N2O/c1-8-4-2-3-6(8)5-7(9)10;7-6(9)4-5-2-1-3-8-5/h6H,2-5H2,1H3,(H,9,10);5,8H,1-4H2,(H2,7,9)/t6-;5-/m00/s1. The average Bonchev–Trinajstić information content (AvgIpc) is 2.91. The zero-order valence-electron chi connectivity index (χ0n) is 11.6. The van der Waals surface area contributed by atoms with Crippen LogP contribution in [0, 0.1) is 0 Å². The van der Waals surface area contributed by atoms with E-state index in [1.54, 1.807) is 0 Å². The highest BCUT2D eigenvalue weighted by atomic mass is 16.4. The molecule has 19 heavy (non-hydrogen) atoms. The van der Waals surface area contributed by atoms with E-state index < -0.39 is 5.97 Å². The topological polar surface area (TPSA) is 95.7 Å². The lowest BCUT2D eigenvalue weighted by Gasteiger charge is -2.16. The van der Waals surface area contributed by atoms with E-state index in [2.05, 4.69) is 10.2 Å². The molecule has 0 radical (unpaired) electrons. The first-order valence-corrected chi connectivity index (χ1v) is 6.92. The molecule has 2 fully saturated rings. The molecule has 2 rings (SSSR count). The van der Waals surface area contributed by atoms with Gasteiger partial charge in [0.2, 0.25) is 5.91 Å². The van der Waals surface area contributed by atoms with E-state index in [9.17, 15) is 9.59 Å². The van der Waals surface area contributed by atoms with Crippen molar-refractivity contribution in [3.63, 3.8) is 0 Å². The number of hydrogen-bond donors (Lipinski definition) is 3. The van der Waals surface area contributed by atoms with Crippen LogP contribution in [0.3, 0.4) is 0 Å². The molecular weight excluding hydrogens is 246 g/mol. The van der Waals surface area contributed by atoms with Gasteiger partial charge < -0.3 is 21.1 Å². The van der Waals surface area contributed by atoms with E-state index in [1.807, 2.05) is 7.05 Å². The Bertz CT molecular complexity index is 304. The van der Waals surface area contributed by atoms with Gasteiger partial charge in [0.05, 0.1) is 6.42 Å². The normalized spacial score (nSPS) is 26.8. The van der Waals surface area contributed by atoms with Gasteiger partial charge in [-0.1, -0.05) is 0 Å². The van der Waals surface area contributed by atoms with Crippen LogP contribution < -0.4 is 11.1 Å². The van der Waals surface area contributed by atoms with E-state index in [4.69, 9.17) is 10.8 Å². The van der Waals surface area contributed by atoms with E-state index in [0.29, 0.717) is 18.9 Å². The molecule has 2 saturated heterocycles. The highest BCUT2D eigenvalue weighted by molar-refractivity contribution is 5.74. The molecule has 2 aliphatic heterocycles. The van der Waals surface area contributed by atoms with Crippen molar-refractivity contribution < 1.29 is 14.7 Å². The van der Waals surface area contributed by atoms with Crippen LogP contribution in [-0.4, -0.2) is 54.1 Å². The molecule has 6 heteroatoms. The van der Waals surface area contributed by atoms with Crippen LogP contribution in [0.15, 0.2) is 0 Å². The number of aliphatic carboxylic acids is 1. The second-order valence-electron chi connectivity index (χ2n) is 5.34. The number of carboxylic acids is 1. The van der Waals surface area contributed by atoms with Gasteiger partial charge in [-0.2, -0.15) is 0 Å². The minimum absolute atomic E-state index is 0.200. The summed E-state index contributed by atoms with van der Waals surface area (Å²) in [5.41, 5.74) is 4.99. The summed E-state index contributed by atoms with van der Waals surface area (Å²) in [6, 6.07) is 0.653. The smallest absolute Gasteiger partial charge is 0.304 e. The van der Waals surface area contributed by atoms with Crippen LogP contribution in [0.4, 0.5) is 0 Å². The third-order valence-electron chi connectivity index (χ3n) is 3.69. The van der Waals surface area contributed by atoms with Crippen molar-refractivity contribution in [3.05, 3.63) is 0 Å². The highest BCUT2D eigenvalue weighted by Gasteiger charge is 2.22. The molecule has 2 heterocycles. The van der Waals surface area contributed by atoms with Crippen molar-refractivity contribution in [1.82, 2.24) is 10.2 Å². The van der Waals surface area contributed by atoms with Gasteiger partial charge in [0, 0.05) is 18.5 Å². The maximum atomic E-state index is 10.3. The molecule has 0 spiro atoms. The lowest BCUT2D eigenvalue weighted by Crippen LogP contribution is -2.27. The fourth-order valence-corrected chi connectivity index (χ4v) is 2.61. The molecule has 2 aliphatic rings. The molecule has 0 aromatic carbocycles. The predicted molar refractivity (Wildman–Crippen MR) is 72.7 cm³/mol. The molecule has 6 nitrogen and oxygen atoms in total. The van der Waals surface area contributed by atoms with Gasteiger partial charge in [0.25, 0.3) is 0 Å². The summed E-state index contributed by atoms with van der Waals surface area (Å²) in [6.45, 7) is 2.09. The Hall–Kier alpha value is -1.14. The van der Waals surface area contributed by atoms with Crippen LogP contribution >= 0.6 is 0 Å². The maximum Gasteiger partial charge on any atom is 0.304 e. The lowest BCUT2D eigenvalue weighted by atomic mass is 10.1. The molecule has 0 aliphatic carbocycles. The average molecular weight is 271 g/mol. The summed E-state index contributed by atoms with van der Waals surface area (Å²) >= 11 is 0. The van der Waals surface area contributed by atoms with Gasteiger partial charge >= 0.3 is 5.97 Å². The van der Waals surface area contributed by atoms with Gasteiger partial charge in [0.15, 0.2) is 0 Å². The largest absolute Gasteiger partial charge is 0.481 e. The predicted octanol–water partition coefficient (Wildman–Crippen LogP) is 0.169. The molecule has 0 bridgehead atoms. The second kappa shape index (κ2) is 8.12. The van der Waals surface area contributed by atoms with E-state index in [0.717, 1.165) is 32.4 Å². The SMILES string of the molecule is CN1CCC[C@H]1CC(=O)O.NC(=O)C[C@@H]1CCCN1.